The molecule has 1 saturated heterocycles. The van der Waals surface area contributed by atoms with Crippen molar-refractivity contribution in [2.45, 2.75) is 58.0 Å². The molecule has 0 aromatic heterocycles. The van der Waals surface area contributed by atoms with Gasteiger partial charge in [-0.3, -0.25) is 4.79 Å². The van der Waals surface area contributed by atoms with Gasteiger partial charge in [0.05, 0.1) is 11.6 Å². The standard InChI is InChI=1S/C25H32FNO4/c1-2-5-23(27-31-13-4-3-6-18-7-9-21(26)10-8-18)22-16-20(17-24(28)25(22)29)19-11-14-30-15-12-19/h7-10,19-20,22,24,28H,2,4-5,11-17H2,1H3. The van der Waals surface area contributed by atoms with Crippen LogP contribution in [0.15, 0.2) is 29.4 Å². The van der Waals surface area contributed by atoms with E-state index in [1.54, 1.807) is 12.1 Å². The molecule has 3 unspecified atom stereocenters. The molecular weight excluding hydrogens is 397 g/mol. The van der Waals surface area contributed by atoms with Crippen LogP contribution in [0.5, 0.6) is 0 Å². The van der Waals surface area contributed by atoms with E-state index >= 15 is 0 Å². The minimum absolute atomic E-state index is 0.129. The third-order valence-electron chi connectivity index (χ3n) is 6.15. The van der Waals surface area contributed by atoms with Gasteiger partial charge < -0.3 is 14.7 Å². The van der Waals surface area contributed by atoms with Crippen LogP contribution >= 0.6 is 0 Å². The maximum Gasteiger partial charge on any atom is 0.170 e. The monoisotopic (exact) mass is 429 g/mol. The second-order valence-electron chi connectivity index (χ2n) is 8.38. The Morgan fingerprint density at radius 2 is 1.97 bits per heavy atom. The third-order valence-corrected chi connectivity index (χ3v) is 6.15. The molecule has 5 nitrogen and oxygen atoms in total. The molecular formula is C25H32FNO4. The predicted octanol–water partition coefficient (Wildman–Crippen LogP) is 4.12. The molecule has 1 aliphatic carbocycles. The van der Waals surface area contributed by atoms with E-state index in [9.17, 15) is 14.3 Å². The largest absolute Gasteiger partial charge is 0.395 e. The van der Waals surface area contributed by atoms with E-state index in [4.69, 9.17) is 9.57 Å². The number of halogens is 1. The number of ether oxygens (including phenoxy) is 1. The van der Waals surface area contributed by atoms with E-state index in [2.05, 4.69) is 17.0 Å². The van der Waals surface area contributed by atoms with Gasteiger partial charge in [-0.2, -0.15) is 0 Å². The van der Waals surface area contributed by atoms with Gasteiger partial charge in [0.15, 0.2) is 5.78 Å². The van der Waals surface area contributed by atoms with Crippen LogP contribution in [0.1, 0.15) is 57.4 Å². The molecule has 1 saturated carbocycles. The predicted molar refractivity (Wildman–Crippen MR) is 117 cm³/mol. The van der Waals surface area contributed by atoms with Crippen LogP contribution in [0.2, 0.25) is 0 Å². The first-order valence-corrected chi connectivity index (χ1v) is 11.3. The number of ketones is 1. The number of rotatable bonds is 7. The first kappa shape index (κ1) is 23.4. The van der Waals surface area contributed by atoms with Crippen LogP contribution in [0.4, 0.5) is 4.39 Å². The molecule has 2 aliphatic rings. The maximum atomic E-state index is 12.9. The zero-order valence-corrected chi connectivity index (χ0v) is 18.2. The highest BCUT2D eigenvalue weighted by Crippen LogP contribution is 2.37. The molecule has 3 rings (SSSR count). The van der Waals surface area contributed by atoms with Gasteiger partial charge >= 0.3 is 0 Å². The first-order chi connectivity index (χ1) is 15.1. The summed E-state index contributed by atoms with van der Waals surface area (Å²) in [6.45, 7) is 3.87. The highest BCUT2D eigenvalue weighted by atomic mass is 19.1. The molecule has 1 heterocycles. The summed E-state index contributed by atoms with van der Waals surface area (Å²) in [7, 11) is 0. The average Bonchev–Trinajstić information content (AvgIpc) is 2.79. The number of aliphatic hydroxyl groups excluding tert-OH is 1. The van der Waals surface area contributed by atoms with Crippen LogP contribution in [0.25, 0.3) is 0 Å². The second kappa shape index (κ2) is 12.0. The Morgan fingerprint density at radius 1 is 1.23 bits per heavy atom. The Kier molecular flexibility index (Phi) is 9.05. The van der Waals surface area contributed by atoms with Crippen molar-refractivity contribution in [2.75, 3.05) is 19.8 Å². The lowest BCUT2D eigenvalue weighted by Gasteiger charge is -2.37. The van der Waals surface area contributed by atoms with Gasteiger partial charge in [0.2, 0.25) is 0 Å². The topological polar surface area (TPSA) is 68.1 Å². The Balaban J connectivity index is 1.57. The number of Topliss-reactive ketones (excluding diaryl/α,β-unsaturated/α-hetero) is 1. The van der Waals surface area contributed by atoms with E-state index in [-0.39, 0.29) is 17.5 Å². The molecule has 0 radical (unpaired) electrons. The van der Waals surface area contributed by atoms with Crippen LogP contribution in [0, 0.1) is 35.4 Å². The molecule has 6 heteroatoms. The summed E-state index contributed by atoms with van der Waals surface area (Å²) in [5.74, 6) is 5.96. The van der Waals surface area contributed by atoms with Gasteiger partial charge in [-0.15, -0.1) is 0 Å². The fraction of sp³-hybridized carbons (Fsp3) is 0.600. The molecule has 2 fully saturated rings. The normalized spacial score (nSPS) is 25.1. The van der Waals surface area contributed by atoms with Crippen LogP contribution < -0.4 is 0 Å². The van der Waals surface area contributed by atoms with Crippen molar-refractivity contribution in [1.29, 1.82) is 0 Å². The number of oxime groups is 1. The minimum atomic E-state index is -0.921. The van der Waals surface area contributed by atoms with Crippen LogP contribution in [-0.4, -0.2) is 42.5 Å². The quantitative estimate of drug-likeness (QED) is 0.306. The summed E-state index contributed by atoms with van der Waals surface area (Å²) in [5.41, 5.74) is 1.48. The Labute approximate surface area is 184 Å². The zero-order valence-electron chi connectivity index (χ0n) is 18.2. The number of hydrogen-bond acceptors (Lipinski definition) is 5. The molecule has 1 aliphatic heterocycles. The molecule has 1 aromatic rings. The number of nitrogens with zero attached hydrogens (tertiary/aromatic N) is 1. The molecule has 31 heavy (non-hydrogen) atoms. The number of carbonyl (C=O) groups excluding carboxylic acids is 1. The summed E-state index contributed by atoms with van der Waals surface area (Å²) >= 11 is 0. The molecule has 0 amide bonds. The van der Waals surface area contributed by atoms with Crippen molar-refractivity contribution >= 4 is 11.5 Å². The summed E-state index contributed by atoms with van der Waals surface area (Å²) in [5, 5.41) is 14.7. The van der Waals surface area contributed by atoms with Crippen molar-refractivity contribution in [2.24, 2.45) is 22.9 Å². The Bertz CT molecular complexity index is 805. The molecule has 1 aromatic carbocycles. The third kappa shape index (κ3) is 6.88. The summed E-state index contributed by atoms with van der Waals surface area (Å²) in [6.07, 6.45) is 4.33. The highest BCUT2D eigenvalue weighted by molar-refractivity contribution is 6.07. The molecule has 1 N–H and O–H groups in total. The molecule has 168 valence electrons. The average molecular weight is 430 g/mol. The number of carbonyl (C=O) groups is 1. The van der Waals surface area contributed by atoms with Crippen molar-refractivity contribution in [3.63, 3.8) is 0 Å². The van der Waals surface area contributed by atoms with Crippen molar-refractivity contribution in [3.8, 4) is 11.8 Å². The lowest BCUT2D eigenvalue weighted by molar-refractivity contribution is -0.134. The summed E-state index contributed by atoms with van der Waals surface area (Å²) < 4.78 is 18.4. The van der Waals surface area contributed by atoms with Crippen LogP contribution in [-0.2, 0) is 14.4 Å². The van der Waals surface area contributed by atoms with E-state index < -0.39 is 6.10 Å². The molecule has 0 bridgehead atoms. The zero-order chi connectivity index (χ0) is 22.1. The SMILES string of the molecule is CCCC(=NOCCC#Cc1ccc(F)cc1)C1CC(C2CCOCC2)CC(O)C1=O. The fourth-order valence-electron chi connectivity index (χ4n) is 4.49. The van der Waals surface area contributed by atoms with E-state index in [1.807, 2.05) is 6.92 Å². The maximum absolute atomic E-state index is 12.9. The number of aliphatic hydroxyl groups is 1. The minimum Gasteiger partial charge on any atom is -0.395 e. The molecule has 0 spiro atoms. The van der Waals surface area contributed by atoms with Crippen molar-refractivity contribution in [3.05, 3.63) is 35.6 Å². The second-order valence-corrected chi connectivity index (χ2v) is 8.38. The van der Waals surface area contributed by atoms with E-state index in [0.29, 0.717) is 37.7 Å². The first-order valence-electron chi connectivity index (χ1n) is 11.3. The Hall–Kier alpha value is -2.23. The lowest BCUT2D eigenvalue weighted by Crippen LogP contribution is -2.43. The smallest absolute Gasteiger partial charge is 0.170 e. The van der Waals surface area contributed by atoms with Gasteiger partial charge in [0, 0.05) is 25.2 Å². The van der Waals surface area contributed by atoms with Crippen LogP contribution in [0.3, 0.4) is 0 Å². The number of benzene rings is 1. The Morgan fingerprint density at radius 3 is 2.68 bits per heavy atom. The van der Waals surface area contributed by atoms with Gasteiger partial charge in [-0.25, -0.2) is 4.39 Å². The lowest BCUT2D eigenvalue weighted by atomic mass is 9.69. The van der Waals surface area contributed by atoms with Gasteiger partial charge in [0.1, 0.15) is 18.5 Å². The van der Waals surface area contributed by atoms with E-state index in [1.165, 1.54) is 12.1 Å². The fourth-order valence-corrected chi connectivity index (χ4v) is 4.49. The van der Waals surface area contributed by atoms with Crippen molar-refractivity contribution < 1.29 is 23.9 Å². The highest BCUT2D eigenvalue weighted by Gasteiger charge is 2.41. The summed E-state index contributed by atoms with van der Waals surface area (Å²) in [4.78, 5) is 18.2. The summed E-state index contributed by atoms with van der Waals surface area (Å²) in [6, 6.07) is 6.03. The van der Waals surface area contributed by atoms with E-state index in [0.717, 1.165) is 50.2 Å². The van der Waals surface area contributed by atoms with Gasteiger partial charge in [0.25, 0.3) is 0 Å². The van der Waals surface area contributed by atoms with Gasteiger partial charge in [-0.1, -0.05) is 30.3 Å². The van der Waals surface area contributed by atoms with Crippen molar-refractivity contribution in [1.82, 2.24) is 0 Å². The van der Waals surface area contributed by atoms with Gasteiger partial charge in [-0.05, 0) is 68.2 Å². The molecule has 3 atom stereocenters. The number of hydrogen-bond donors (Lipinski definition) is 1.